The molecular weight excluding hydrogens is 212 g/mol. The first kappa shape index (κ1) is 11.6. The van der Waals surface area contributed by atoms with Gasteiger partial charge in [-0.15, -0.1) is 0 Å². The van der Waals surface area contributed by atoms with Gasteiger partial charge in [0.1, 0.15) is 5.60 Å². The highest BCUT2D eigenvalue weighted by Gasteiger charge is 2.33. The third-order valence-electron chi connectivity index (χ3n) is 2.96. The van der Waals surface area contributed by atoms with Gasteiger partial charge in [0.05, 0.1) is 0 Å². The summed E-state index contributed by atoms with van der Waals surface area (Å²) in [6.07, 6.45) is 3.26. The van der Waals surface area contributed by atoms with E-state index in [1.54, 1.807) is 0 Å². The van der Waals surface area contributed by atoms with Crippen LogP contribution in [0.4, 0.5) is 0 Å². The highest BCUT2D eigenvalue weighted by molar-refractivity contribution is 5.91. The summed E-state index contributed by atoms with van der Waals surface area (Å²) in [5.74, 6) is 5.66. The van der Waals surface area contributed by atoms with Crippen LogP contribution in [-0.4, -0.2) is 16.5 Å². The van der Waals surface area contributed by atoms with E-state index in [0.29, 0.717) is 6.42 Å². The molecule has 17 heavy (non-hydrogen) atoms. The van der Waals surface area contributed by atoms with Gasteiger partial charge in [-0.2, -0.15) is 0 Å². The van der Waals surface area contributed by atoms with Crippen molar-refractivity contribution in [2.75, 3.05) is 0 Å². The number of aliphatic hydroxyl groups is 1. The van der Waals surface area contributed by atoms with Gasteiger partial charge >= 0.3 is 0 Å². The minimum absolute atomic E-state index is 0.0451. The Labute approximate surface area is 101 Å². The van der Waals surface area contributed by atoms with Crippen molar-refractivity contribution in [2.45, 2.75) is 18.9 Å². The SMILES string of the molecule is C[C@H]1CC(=O)C=C[C@@]1(O)C#Cc1ccccc1. The van der Waals surface area contributed by atoms with E-state index in [1.807, 2.05) is 37.3 Å². The molecule has 0 heterocycles. The lowest BCUT2D eigenvalue weighted by Gasteiger charge is -2.28. The Balaban J connectivity index is 2.27. The number of benzene rings is 1. The van der Waals surface area contributed by atoms with Crippen LogP contribution in [0.15, 0.2) is 42.5 Å². The topological polar surface area (TPSA) is 37.3 Å². The van der Waals surface area contributed by atoms with Gasteiger partial charge in [0.2, 0.25) is 0 Å². The first-order chi connectivity index (χ1) is 8.10. The highest BCUT2D eigenvalue weighted by Crippen LogP contribution is 2.26. The maximum atomic E-state index is 11.2. The molecular formula is C15H14O2. The molecule has 2 nitrogen and oxygen atoms in total. The van der Waals surface area contributed by atoms with Crippen molar-refractivity contribution in [1.29, 1.82) is 0 Å². The van der Waals surface area contributed by atoms with Crippen LogP contribution in [0.3, 0.4) is 0 Å². The fraction of sp³-hybridized carbons (Fsp3) is 0.267. The van der Waals surface area contributed by atoms with Gasteiger partial charge in [0.15, 0.2) is 5.78 Å². The lowest BCUT2D eigenvalue weighted by Crippen LogP contribution is -2.36. The maximum Gasteiger partial charge on any atom is 0.155 e. The third kappa shape index (κ3) is 2.64. The largest absolute Gasteiger partial charge is 0.374 e. The van der Waals surface area contributed by atoms with Gasteiger partial charge in [-0.05, 0) is 24.3 Å². The van der Waals surface area contributed by atoms with E-state index in [1.165, 1.54) is 12.2 Å². The van der Waals surface area contributed by atoms with E-state index in [4.69, 9.17) is 0 Å². The van der Waals surface area contributed by atoms with Crippen LogP contribution in [0.1, 0.15) is 18.9 Å². The lowest BCUT2D eigenvalue weighted by molar-refractivity contribution is -0.117. The van der Waals surface area contributed by atoms with Gasteiger partial charge in [0.25, 0.3) is 0 Å². The fourth-order valence-electron chi connectivity index (χ4n) is 1.77. The highest BCUT2D eigenvalue weighted by atomic mass is 16.3. The molecule has 0 aliphatic heterocycles. The number of allylic oxidation sites excluding steroid dienone is 1. The summed E-state index contributed by atoms with van der Waals surface area (Å²) in [7, 11) is 0. The van der Waals surface area contributed by atoms with Crippen molar-refractivity contribution in [3.63, 3.8) is 0 Å². The molecule has 1 aliphatic rings. The molecule has 0 unspecified atom stereocenters. The molecule has 2 rings (SSSR count). The van der Waals surface area contributed by atoms with Crippen LogP contribution in [0.5, 0.6) is 0 Å². The first-order valence-electron chi connectivity index (χ1n) is 5.63. The molecule has 0 bridgehead atoms. The predicted molar refractivity (Wildman–Crippen MR) is 66.2 cm³/mol. The van der Waals surface area contributed by atoms with E-state index in [9.17, 15) is 9.90 Å². The van der Waals surface area contributed by atoms with Crippen molar-refractivity contribution in [1.82, 2.24) is 0 Å². The summed E-state index contributed by atoms with van der Waals surface area (Å²) in [6.45, 7) is 1.83. The molecule has 0 amide bonds. The van der Waals surface area contributed by atoms with Crippen LogP contribution in [-0.2, 0) is 4.79 Å². The lowest BCUT2D eigenvalue weighted by atomic mass is 9.81. The Morgan fingerprint density at radius 2 is 2.06 bits per heavy atom. The number of hydrogen-bond acceptors (Lipinski definition) is 2. The quantitative estimate of drug-likeness (QED) is 0.686. The second-order valence-corrected chi connectivity index (χ2v) is 4.35. The Morgan fingerprint density at radius 1 is 1.35 bits per heavy atom. The molecule has 0 spiro atoms. The molecule has 2 heteroatoms. The average molecular weight is 226 g/mol. The fourth-order valence-corrected chi connectivity index (χ4v) is 1.77. The number of ketones is 1. The molecule has 1 aliphatic carbocycles. The molecule has 0 radical (unpaired) electrons. The molecule has 0 saturated heterocycles. The Morgan fingerprint density at radius 3 is 2.71 bits per heavy atom. The minimum atomic E-state index is -1.19. The summed E-state index contributed by atoms with van der Waals surface area (Å²) in [5.41, 5.74) is -0.331. The zero-order valence-electron chi connectivity index (χ0n) is 9.68. The molecule has 86 valence electrons. The Hall–Kier alpha value is -1.85. The second kappa shape index (κ2) is 4.57. The smallest absolute Gasteiger partial charge is 0.155 e. The minimum Gasteiger partial charge on any atom is -0.374 e. The zero-order valence-corrected chi connectivity index (χ0v) is 9.68. The summed E-state index contributed by atoms with van der Waals surface area (Å²) in [5, 5.41) is 10.3. The van der Waals surface area contributed by atoms with Gasteiger partial charge in [-0.1, -0.05) is 37.0 Å². The normalized spacial score (nSPS) is 27.4. The van der Waals surface area contributed by atoms with E-state index in [0.717, 1.165) is 5.56 Å². The van der Waals surface area contributed by atoms with Crippen molar-refractivity contribution < 1.29 is 9.90 Å². The van der Waals surface area contributed by atoms with E-state index in [2.05, 4.69) is 11.8 Å². The molecule has 0 fully saturated rings. The van der Waals surface area contributed by atoms with Crippen molar-refractivity contribution in [3.8, 4) is 11.8 Å². The number of carbonyl (C=O) groups is 1. The molecule has 1 aromatic rings. The van der Waals surface area contributed by atoms with Crippen LogP contribution in [0, 0.1) is 17.8 Å². The van der Waals surface area contributed by atoms with Crippen LogP contribution in [0.25, 0.3) is 0 Å². The Bertz CT molecular complexity index is 505. The van der Waals surface area contributed by atoms with Gasteiger partial charge < -0.3 is 5.11 Å². The second-order valence-electron chi connectivity index (χ2n) is 4.35. The third-order valence-corrected chi connectivity index (χ3v) is 2.96. The number of rotatable bonds is 0. The standard InChI is InChI=1S/C15H14O2/c1-12-11-14(16)8-10-15(12,17)9-7-13-5-3-2-4-6-13/h2-6,8,10,12,17H,11H2,1H3/t12-,15-/m0/s1. The van der Waals surface area contributed by atoms with Crippen LogP contribution in [0.2, 0.25) is 0 Å². The number of hydrogen-bond donors (Lipinski definition) is 1. The molecule has 1 N–H and O–H groups in total. The van der Waals surface area contributed by atoms with Crippen molar-refractivity contribution in [3.05, 3.63) is 48.0 Å². The summed E-state index contributed by atoms with van der Waals surface area (Å²) < 4.78 is 0. The monoisotopic (exact) mass is 226 g/mol. The molecule has 0 aromatic heterocycles. The number of carbonyl (C=O) groups excluding carboxylic acids is 1. The molecule has 1 aromatic carbocycles. The molecule has 0 saturated carbocycles. The van der Waals surface area contributed by atoms with Gasteiger partial charge in [-0.25, -0.2) is 0 Å². The zero-order chi connectivity index (χ0) is 12.3. The Kier molecular flexibility index (Phi) is 3.12. The van der Waals surface area contributed by atoms with Gasteiger partial charge in [-0.3, -0.25) is 4.79 Å². The predicted octanol–water partition coefficient (Wildman–Crippen LogP) is 1.93. The van der Waals surface area contributed by atoms with Crippen molar-refractivity contribution >= 4 is 5.78 Å². The van der Waals surface area contributed by atoms with Crippen molar-refractivity contribution in [2.24, 2.45) is 5.92 Å². The van der Waals surface area contributed by atoms with Gasteiger partial charge in [0, 0.05) is 17.9 Å². The summed E-state index contributed by atoms with van der Waals surface area (Å²) >= 11 is 0. The maximum absolute atomic E-state index is 11.2. The van der Waals surface area contributed by atoms with E-state index < -0.39 is 5.60 Å². The first-order valence-corrected chi connectivity index (χ1v) is 5.63. The summed E-state index contributed by atoms with van der Waals surface area (Å²) in [4.78, 5) is 11.2. The molecule has 2 atom stereocenters. The average Bonchev–Trinajstić information content (AvgIpc) is 2.34. The van der Waals surface area contributed by atoms with E-state index >= 15 is 0 Å². The van der Waals surface area contributed by atoms with Crippen LogP contribution < -0.4 is 0 Å². The summed E-state index contributed by atoms with van der Waals surface area (Å²) in [6, 6.07) is 9.49. The van der Waals surface area contributed by atoms with Crippen LogP contribution >= 0.6 is 0 Å². The van der Waals surface area contributed by atoms with E-state index in [-0.39, 0.29) is 11.7 Å².